The molecule has 0 aromatic rings. The number of aliphatic hydroxyl groups is 10. The summed E-state index contributed by atoms with van der Waals surface area (Å²) < 4.78 is 28.2. The van der Waals surface area contributed by atoms with Crippen molar-refractivity contribution < 1.29 is 88.8 Å². The predicted molar refractivity (Wildman–Crippen MR) is 98.2 cm³/mol. The number of aliphatic hydroxyl groups excluding tert-OH is 10. The van der Waals surface area contributed by atoms with Crippen LogP contribution < -0.4 is 0 Å². The van der Waals surface area contributed by atoms with E-state index in [-0.39, 0.29) is 0 Å². The molecule has 0 unspecified atom stereocenters. The second-order valence-electron chi connectivity index (χ2n) is 6.17. The van der Waals surface area contributed by atoms with E-state index < -0.39 is 90.9 Å². The lowest BCUT2D eigenvalue weighted by molar-refractivity contribution is -0.122. The molecule has 0 heterocycles. The van der Waals surface area contributed by atoms with Crippen LogP contribution in [0.2, 0.25) is 0 Å². The van der Waals surface area contributed by atoms with E-state index in [2.05, 4.69) is 9.05 Å². The summed E-state index contributed by atoms with van der Waals surface area (Å²) in [4.78, 5) is 33.1. The van der Waals surface area contributed by atoms with Gasteiger partial charge in [0, 0.05) is 0 Å². The smallest absolute Gasteiger partial charge is 0.394 e. The van der Waals surface area contributed by atoms with Gasteiger partial charge in [-0.05, 0) is 0 Å². The van der Waals surface area contributed by atoms with E-state index >= 15 is 0 Å². The van der Waals surface area contributed by atoms with Crippen LogP contribution in [0.5, 0.6) is 0 Å². The first kappa shape index (κ1) is 34.0. The minimum atomic E-state index is -4.78. The van der Waals surface area contributed by atoms with Crippen LogP contribution in [-0.2, 0) is 18.2 Å². The maximum atomic E-state index is 10.2. The largest absolute Gasteiger partial charge is 0.469 e. The van der Waals surface area contributed by atoms with Crippen molar-refractivity contribution in [3.8, 4) is 0 Å². The van der Waals surface area contributed by atoms with E-state index in [0.29, 0.717) is 0 Å². The summed E-state index contributed by atoms with van der Waals surface area (Å²) in [6, 6.07) is 0. The first-order chi connectivity index (χ1) is 14.4. The van der Waals surface area contributed by atoms with Crippen LogP contribution in [-0.4, -0.2) is 146 Å². The average Bonchev–Trinajstić information content (AvgIpc) is 2.71. The molecule has 0 aliphatic heterocycles. The fraction of sp³-hybridized carbons (Fsp3) is 1.00. The lowest BCUT2D eigenvalue weighted by Gasteiger charge is -2.25. The molecule has 0 aromatic carbocycles. The van der Waals surface area contributed by atoms with E-state index in [1.807, 2.05) is 0 Å². The van der Waals surface area contributed by atoms with Crippen LogP contribution >= 0.6 is 15.6 Å². The molecular weight excluding hydrogens is 494 g/mol. The van der Waals surface area contributed by atoms with Crippen LogP contribution in [0.3, 0.4) is 0 Å². The topological polar surface area (TPSA) is 336 Å². The van der Waals surface area contributed by atoms with E-state index in [9.17, 15) is 19.3 Å². The van der Waals surface area contributed by atoms with Crippen LogP contribution in [0.4, 0.5) is 0 Å². The Morgan fingerprint density at radius 1 is 0.500 bits per heavy atom. The van der Waals surface area contributed by atoms with Crippen LogP contribution in [0, 0.1) is 0 Å². The molecular formula is C12H30O18P2. The summed E-state index contributed by atoms with van der Waals surface area (Å²) in [5.74, 6) is 0. The highest BCUT2D eigenvalue weighted by molar-refractivity contribution is 7.46. The number of rotatable bonds is 14. The van der Waals surface area contributed by atoms with Gasteiger partial charge in [-0.25, -0.2) is 9.13 Å². The Kier molecular flexibility index (Phi) is 16.6. The maximum absolute atomic E-state index is 10.2. The molecule has 8 atom stereocenters. The van der Waals surface area contributed by atoms with Gasteiger partial charge in [0.1, 0.15) is 48.8 Å². The van der Waals surface area contributed by atoms with Crippen molar-refractivity contribution in [3.63, 3.8) is 0 Å². The Morgan fingerprint density at radius 2 is 0.719 bits per heavy atom. The molecule has 0 bridgehead atoms. The second kappa shape index (κ2) is 15.7. The average molecular weight is 524 g/mol. The summed E-state index contributed by atoms with van der Waals surface area (Å²) in [6.45, 7) is -3.55. The van der Waals surface area contributed by atoms with E-state index in [0.717, 1.165) is 0 Å². The summed E-state index contributed by atoms with van der Waals surface area (Å²) in [5, 5.41) is 89.5. The molecule has 0 rings (SSSR count). The first-order valence-electron chi connectivity index (χ1n) is 8.44. The monoisotopic (exact) mass is 524 g/mol. The van der Waals surface area contributed by atoms with Crippen molar-refractivity contribution >= 4 is 15.6 Å². The molecule has 196 valence electrons. The molecule has 32 heavy (non-hydrogen) atoms. The quantitative estimate of drug-likeness (QED) is 0.0938. The van der Waals surface area contributed by atoms with Gasteiger partial charge in [-0.2, -0.15) is 0 Å². The van der Waals surface area contributed by atoms with Crippen molar-refractivity contribution in [1.82, 2.24) is 0 Å². The molecule has 0 amide bonds. The Morgan fingerprint density at radius 3 is 0.906 bits per heavy atom. The van der Waals surface area contributed by atoms with Crippen molar-refractivity contribution in [3.05, 3.63) is 0 Å². The second-order valence-corrected chi connectivity index (χ2v) is 8.65. The van der Waals surface area contributed by atoms with Gasteiger partial charge in [-0.3, -0.25) is 9.05 Å². The molecule has 0 saturated heterocycles. The van der Waals surface area contributed by atoms with Gasteiger partial charge in [-0.1, -0.05) is 0 Å². The van der Waals surface area contributed by atoms with Crippen LogP contribution in [0.1, 0.15) is 0 Å². The highest BCUT2D eigenvalue weighted by atomic mass is 31.2. The molecule has 0 radical (unpaired) electrons. The fourth-order valence-corrected chi connectivity index (χ4v) is 2.36. The zero-order chi connectivity index (χ0) is 25.9. The molecule has 0 spiro atoms. The standard InChI is InChI=1S/2C6H15O9P/c2*7-1-3(8)5(10)6(11)4(9)2-15-16(12,13)14/h2*3-11H,1-2H2,(H2,12,13,14)/t3-,4+,5+,6+;3-,4-,5-,6-/m01/s1. The highest BCUT2D eigenvalue weighted by Crippen LogP contribution is 2.36. The minimum absolute atomic E-state index is 0.843. The summed E-state index contributed by atoms with van der Waals surface area (Å²) in [5.41, 5.74) is 0. The van der Waals surface area contributed by atoms with E-state index in [4.69, 9.17) is 60.4 Å². The molecule has 20 heteroatoms. The third-order valence-electron chi connectivity index (χ3n) is 3.48. The molecule has 0 aromatic heterocycles. The van der Waals surface area contributed by atoms with E-state index in [1.54, 1.807) is 0 Å². The summed E-state index contributed by atoms with van der Waals surface area (Å²) in [6.07, 6.45) is -14.5. The lowest BCUT2D eigenvalue weighted by Crippen LogP contribution is -2.47. The fourth-order valence-electron chi connectivity index (χ4n) is 1.67. The van der Waals surface area contributed by atoms with Crippen LogP contribution in [0.15, 0.2) is 0 Å². The zero-order valence-electron chi connectivity index (χ0n) is 16.2. The predicted octanol–water partition coefficient (Wildman–Crippen LogP) is -6.94. The van der Waals surface area contributed by atoms with Crippen molar-refractivity contribution in [2.45, 2.75) is 48.8 Å². The van der Waals surface area contributed by atoms with Gasteiger partial charge >= 0.3 is 15.6 Å². The Labute approximate surface area is 180 Å². The number of hydrogen-bond donors (Lipinski definition) is 14. The van der Waals surface area contributed by atoms with E-state index in [1.165, 1.54) is 0 Å². The summed E-state index contributed by atoms with van der Waals surface area (Å²) in [7, 11) is -9.57. The third-order valence-corrected chi connectivity index (χ3v) is 4.45. The van der Waals surface area contributed by atoms with Gasteiger partial charge in [0.2, 0.25) is 0 Å². The number of phosphoric acid groups is 2. The molecule has 0 aliphatic carbocycles. The lowest BCUT2D eigenvalue weighted by atomic mass is 10.0. The molecule has 0 saturated carbocycles. The van der Waals surface area contributed by atoms with Gasteiger partial charge in [0.05, 0.1) is 26.4 Å². The SMILES string of the molecule is O=P(O)(O)OC[C@@H](O)[C@@H](O)[C@H](O)[C@@H](O)CO.O=P(O)(O)OC[C@@H](O)[C@@H](O)[C@H](O)[C@H](O)CO. The van der Waals surface area contributed by atoms with Crippen molar-refractivity contribution in [1.29, 1.82) is 0 Å². The summed E-state index contributed by atoms with van der Waals surface area (Å²) >= 11 is 0. The molecule has 0 aliphatic rings. The number of phosphoric ester groups is 2. The first-order valence-corrected chi connectivity index (χ1v) is 11.5. The van der Waals surface area contributed by atoms with Gasteiger partial charge < -0.3 is 70.6 Å². The Hall–Kier alpha value is -0.180. The molecule has 14 N–H and O–H groups in total. The third kappa shape index (κ3) is 15.6. The Bertz CT molecular complexity index is 530. The molecule has 0 fully saturated rings. The highest BCUT2D eigenvalue weighted by Gasteiger charge is 2.32. The van der Waals surface area contributed by atoms with Gasteiger partial charge in [-0.15, -0.1) is 0 Å². The van der Waals surface area contributed by atoms with Crippen molar-refractivity contribution in [2.24, 2.45) is 0 Å². The zero-order valence-corrected chi connectivity index (χ0v) is 18.0. The number of hydrogen-bond acceptors (Lipinski definition) is 14. The van der Waals surface area contributed by atoms with Gasteiger partial charge in [0.25, 0.3) is 0 Å². The normalized spacial score (nSPS) is 20.2. The van der Waals surface area contributed by atoms with Crippen molar-refractivity contribution in [2.75, 3.05) is 26.4 Å². The minimum Gasteiger partial charge on any atom is -0.394 e. The van der Waals surface area contributed by atoms with Gasteiger partial charge in [0.15, 0.2) is 0 Å². The van der Waals surface area contributed by atoms with Crippen LogP contribution in [0.25, 0.3) is 0 Å². The molecule has 18 nitrogen and oxygen atoms in total. The maximum Gasteiger partial charge on any atom is 0.469 e. The Balaban J connectivity index is 0.